The second-order valence-electron chi connectivity index (χ2n) is 5.43. The minimum Gasteiger partial charge on any atom is -0.341 e. The number of amides is 2. The molecule has 0 radical (unpaired) electrons. The lowest BCUT2D eigenvalue weighted by atomic mass is 10.1. The Balaban J connectivity index is 2.10. The third-order valence-electron chi connectivity index (χ3n) is 3.51. The fourth-order valence-electron chi connectivity index (χ4n) is 2.17. The van der Waals surface area contributed by atoms with Crippen molar-refractivity contribution in [3.63, 3.8) is 0 Å². The summed E-state index contributed by atoms with van der Waals surface area (Å²) in [5, 5.41) is 5.06. The minimum absolute atomic E-state index is 0.0191. The van der Waals surface area contributed by atoms with Gasteiger partial charge in [0.05, 0.1) is 24.3 Å². The van der Waals surface area contributed by atoms with E-state index in [4.69, 9.17) is 6.42 Å². The lowest BCUT2D eigenvalue weighted by Crippen LogP contribution is -2.35. The van der Waals surface area contributed by atoms with Gasteiger partial charge in [-0.3, -0.25) is 14.6 Å². The molecule has 0 unspecified atom stereocenters. The number of anilines is 1. The second-order valence-corrected chi connectivity index (χ2v) is 7.48. The molecule has 1 aromatic carbocycles. The summed E-state index contributed by atoms with van der Waals surface area (Å²) in [4.78, 5) is 28.1. The van der Waals surface area contributed by atoms with E-state index in [0.717, 1.165) is 4.31 Å². The standard InChI is InChI=1S/C18H18N4O4S/c1-3-10-20-18(24)15-8-4-5-9-16(15)21-17(23)13-22(2)27(25,26)14-7-6-11-19-12-14/h1,4-9,11-12H,10,13H2,2H3,(H,20,24)(H,21,23). The second kappa shape index (κ2) is 8.93. The van der Waals surface area contributed by atoms with Crippen molar-refractivity contribution in [3.8, 4) is 12.3 Å². The number of likely N-dealkylation sites (N-methyl/N-ethyl adjacent to an activating group) is 1. The Hall–Kier alpha value is -3.22. The van der Waals surface area contributed by atoms with Crippen molar-refractivity contribution in [3.05, 3.63) is 54.4 Å². The number of hydrogen-bond donors (Lipinski definition) is 2. The molecule has 2 amide bonds. The molecule has 0 saturated heterocycles. The summed E-state index contributed by atoms with van der Waals surface area (Å²) in [6.07, 6.45) is 7.77. The van der Waals surface area contributed by atoms with E-state index in [0.29, 0.717) is 0 Å². The van der Waals surface area contributed by atoms with E-state index >= 15 is 0 Å². The van der Waals surface area contributed by atoms with E-state index in [1.807, 2.05) is 0 Å². The van der Waals surface area contributed by atoms with Crippen molar-refractivity contribution in [2.75, 3.05) is 25.5 Å². The van der Waals surface area contributed by atoms with Crippen LogP contribution in [0.3, 0.4) is 0 Å². The number of rotatable bonds is 7. The van der Waals surface area contributed by atoms with Crippen molar-refractivity contribution < 1.29 is 18.0 Å². The number of aromatic nitrogens is 1. The molecular formula is C18H18N4O4S. The zero-order chi connectivity index (χ0) is 19.9. The number of nitrogens with zero attached hydrogens (tertiary/aromatic N) is 2. The fourth-order valence-corrected chi connectivity index (χ4v) is 3.26. The average molecular weight is 386 g/mol. The number of hydrogen-bond acceptors (Lipinski definition) is 5. The zero-order valence-electron chi connectivity index (χ0n) is 14.5. The van der Waals surface area contributed by atoms with Gasteiger partial charge in [0, 0.05) is 19.4 Å². The Morgan fingerprint density at radius 2 is 1.96 bits per heavy atom. The molecule has 0 aliphatic rings. The third-order valence-corrected chi connectivity index (χ3v) is 5.29. The van der Waals surface area contributed by atoms with Crippen LogP contribution in [0.5, 0.6) is 0 Å². The molecular weight excluding hydrogens is 368 g/mol. The van der Waals surface area contributed by atoms with Gasteiger partial charge in [-0.15, -0.1) is 6.42 Å². The molecule has 0 aliphatic heterocycles. The van der Waals surface area contributed by atoms with Crippen LogP contribution in [0.2, 0.25) is 0 Å². The van der Waals surface area contributed by atoms with Gasteiger partial charge >= 0.3 is 0 Å². The van der Waals surface area contributed by atoms with E-state index in [2.05, 4.69) is 21.5 Å². The molecule has 0 atom stereocenters. The Kier molecular flexibility index (Phi) is 6.65. The van der Waals surface area contributed by atoms with E-state index < -0.39 is 28.4 Å². The van der Waals surface area contributed by atoms with Crippen LogP contribution >= 0.6 is 0 Å². The van der Waals surface area contributed by atoms with Crippen LogP contribution in [0.4, 0.5) is 5.69 Å². The lowest BCUT2D eigenvalue weighted by molar-refractivity contribution is -0.116. The Morgan fingerprint density at radius 1 is 1.22 bits per heavy atom. The Bertz CT molecular complexity index is 968. The first-order valence-electron chi connectivity index (χ1n) is 7.83. The van der Waals surface area contributed by atoms with Gasteiger partial charge in [-0.1, -0.05) is 18.1 Å². The van der Waals surface area contributed by atoms with Crippen molar-refractivity contribution in [2.45, 2.75) is 4.90 Å². The van der Waals surface area contributed by atoms with Crippen molar-refractivity contribution in [1.82, 2.24) is 14.6 Å². The normalized spacial score (nSPS) is 10.9. The number of carbonyl (C=O) groups excluding carboxylic acids is 2. The van der Waals surface area contributed by atoms with Crippen LogP contribution in [-0.4, -0.2) is 49.7 Å². The van der Waals surface area contributed by atoms with E-state index in [1.54, 1.807) is 12.1 Å². The molecule has 27 heavy (non-hydrogen) atoms. The number of terminal acetylenes is 1. The predicted octanol–water partition coefficient (Wildman–Crippen LogP) is 0.704. The monoisotopic (exact) mass is 386 g/mol. The molecule has 0 bridgehead atoms. The molecule has 0 fully saturated rings. The van der Waals surface area contributed by atoms with E-state index in [1.165, 1.54) is 43.7 Å². The number of sulfonamides is 1. The van der Waals surface area contributed by atoms with Crippen LogP contribution < -0.4 is 10.6 Å². The summed E-state index contributed by atoms with van der Waals surface area (Å²) in [6, 6.07) is 9.23. The molecule has 8 nitrogen and oxygen atoms in total. The van der Waals surface area contributed by atoms with E-state index in [9.17, 15) is 18.0 Å². The number of para-hydroxylation sites is 1. The summed E-state index contributed by atoms with van der Waals surface area (Å²) in [5.41, 5.74) is 0.475. The first-order chi connectivity index (χ1) is 12.9. The molecule has 0 spiro atoms. The molecule has 9 heteroatoms. The first-order valence-corrected chi connectivity index (χ1v) is 9.27. The summed E-state index contributed by atoms with van der Waals surface area (Å²) >= 11 is 0. The Morgan fingerprint density at radius 3 is 2.63 bits per heavy atom. The van der Waals surface area contributed by atoms with Crippen molar-refractivity contribution in [1.29, 1.82) is 0 Å². The zero-order valence-corrected chi connectivity index (χ0v) is 15.4. The van der Waals surface area contributed by atoms with Gasteiger partial charge in [0.25, 0.3) is 5.91 Å². The maximum absolute atomic E-state index is 12.4. The molecule has 2 rings (SSSR count). The lowest BCUT2D eigenvalue weighted by Gasteiger charge is -2.17. The largest absolute Gasteiger partial charge is 0.341 e. The fraction of sp³-hybridized carbons (Fsp3) is 0.167. The average Bonchev–Trinajstić information content (AvgIpc) is 2.67. The molecule has 1 heterocycles. The highest BCUT2D eigenvalue weighted by Gasteiger charge is 2.23. The summed E-state index contributed by atoms with van der Waals surface area (Å²) in [5.74, 6) is 1.25. The van der Waals surface area contributed by atoms with Gasteiger partial charge in [-0.2, -0.15) is 4.31 Å². The van der Waals surface area contributed by atoms with Crippen LogP contribution in [0.1, 0.15) is 10.4 Å². The van der Waals surface area contributed by atoms with Gasteiger partial charge < -0.3 is 10.6 Å². The summed E-state index contributed by atoms with van der Waals surface area (Å²) < 4.78 is 25.8. The van der Waals surface area contributed by atoms with Gasteiger partial charge in [-0.05, 0) is 24.3 Å². The molecule has 2 aromatic rings. The van der Waals surface area contributed by atoms with Crippen LogP contribution in [0.15, 0.2) is 53.7 Å². The number of pyridine rings is 1. The number of nitrogens with one attached hydrogen (secondary N) is 2. The van der Waals surface area contributed by atoms with Gasteiger partial charge in [0.1, 0.15) is 4.90 Å². The van der Waals surface area contributed by atoms with E-state index in [-0.39, 0.29) is 22.7 Å². The topological polar surface area (TPSA) is 108 Å². The van der Waals surface area contributed by atoms with Gasteiger partial charge in [0.2, 0.25) is 15.9 Å². The number of carbonyl (C=O) groups is 2. The third kappa shape index (κ3) is 5.13. The minimum atomic E-state index is -3.86. The van der Waals surface area contributed by atoms with Gasteiger partial charge in [0.15, 0.2) is 0 Å². The Labute approximate surface area is 157 Å². The maximum atomic E-state index is 12.4. The first kappa shape index (κ1) is 20.1. The highest BCUT2D eigenvalue weighted by Crippen LogP contribution is 2.16. The van der Waals surface area contributed by atoms with Gasteiger partial charge in [-0.25, -0.2) is 8.42 Å². The van der Waals surface area contributed by atoms with Crippen molar-refractivity contribution >= 4 is 27.5 Å². The highest BCUT2D eigenvalue weighted by molar-refractivity contribution is 7.89. The molecule has 2 N–H and O–H groups in total. The predicted molar refractivity (Wildman–Crippen MR) is 100 cm³/mol. The summed E-state index contributed by atoms with van der Waals surface area (Å²) in [7, 11) is -2.57. The smallest absolute Gasteiger partial charge is 0.254 e. The molecule has 0 aliphatic carbocycles. The molecule has 0 saturated carbocycles. The quantitative estimate of drug-likeness (QED) is 0.681. The SMILES string of the molecule is C#CCNC(=O)c1ccccc1NC(=O)CN(C)S(=O)(=O)c1cccnc1. The molecule has 140 valence electrons. The van der Waals surface area contributed by atoms with Crippen LogP contribution in [-0.2, 0) is 14.8 Å². The summed E-state index contributed by atoms with van der Waals surface area (Å²) in [6.45, 7) is -0.384. The maximum Gasteiger partial charge on any atom is 0.254 e. The molecule has 1 aromatic heterocycles. The number of benzene rings is 1. The highest BCUT2D eigenvalue weighted by atomic mass is 32.2. The van der Waals surface area contributed by atoms with Crippen LogP contribution in [0.25, 0.3) is 0 Å². The van der Waals surface area contributed by atoms with Crippen LogP contribution in [0, 0.1) is 12.3 Å². The van der Waals surface area contributed by atoms with Crippen molar-refractivity contribution in [2.24, 2.45) is 0 Å².